The van der Waals surface area contributed by atoms with Crippen LogP contribution < -0.4 is 0 Å². The van der Waals surface area contributed by atoms with E-state index in [-0.39, 0.29) is 9.85 Å². The van der Waals surface area contributed by atoms with Crippen LogP contribution in [0.3, 0.4) is 0 Å². The fourth-order valence-corrected chi connectivity index (χ4v) is 3.77. The number of hydrogen-bond acceptors (Lipinski definition) is 3. The third-order valence-corrected chi connectivity index (χ3v) is 5.53. The van der Waals surface area contributed by atoms with Crippen LogP contribution in [0.15, 0.2) is 17.6 Å². The minimum absolute atomic E-state index is 0.163. The molecule has 15 heavy (non-hydrogen) atoms. The van der Waals surface area contributed by atoms with Crippen LogP contribution in [-0.2, 0) is 10.0 Å². The smallest absolute Gasteiger partial charge is 0.260 e. The molecule has 7 heteroatoms. The van der Waals surface area contributed by atoms with Crippen LogP contribution in [0, 0.1) is 5.92 Å². The van der Waals surface area contributed by atoms with Gasteiger partial charge in [0, 0.05) is 17.9 Å². The van der Waals surface area contributed by atoms with Crippen molar-refractivity contribution in [1.82, 2.24) is 14.3 Å². The first-order valence-electron chi connectivity index (χ1n) is 4.64. The van der Waals surface area contributed by atoms with Crippen LogP contribution in [0.4, 0.5) is 0 Å². The number of hydrogen-bond donors (Lipinski definition) is 1. The van der Waals surface area contributed by atoms with Gasteiger partial charge in [0.15, 0.2) is 5.03 Å². The van der Waals surface area contributed by atoms with E-state index in [1.165, 1.54) is 16.8 Å². The molecule has 2 unspecified atom stereocenters. The van der Waals surface area contributed by atoms with Crippen LogP contribution in [-0.4, -0.2) is 40.6 Å². The Labute approximate surface area is 97.1 Å². The van der Waals surface area contributed by atoms with Crippen LogP contribution in [0.1, 0.15) is 6.92 Å². The monoisotopic (exact) mass is 293 g/mol. The molecule has 0 spiro atoms. The number of halogens is 1. The van der Waals surface area contributed by atoms with Crippen molar-refractivity contribution in [2.45, 2.75) is 16.8 Å². The average Bonchev–Trinajstić information content (AvgIpc) is 2.77. The summed E-state index contributed by atoms with van der Waals surface area (Å²) in [6.45, 7) is 3.10. The van der Waals surface area contributed by atoms with Crippen molar-refractivity contribution in [2.75, 3.05) is 13.1 Å². The highest BCUT2D eigenvalue weighted by molar-refractivity contribution is 9.09. The molecule has 1 aromatic rings. The Kier molecular flexibility index (Phi) is 2.87. The zero-order chi connectivity index (χ0) is 11.1. The Morgan fingerprint density at radius 1 is 1.60 bits per heavy atom. The molecular weight excluding hydrogens is 282 g/mol. The zero-order valence-electron chi connectivity index (χ0n) is 8.22. The quantitative estimate of drug-likeness (QED) is 0.821. The first-order valence-corrected chi connectivity index (χ1v) is 7.00. The van der Waals surface area contributed by atoms with Gasteiger partial charge in [0.2, 0.25) is 0 Å². The maximum absolute atomic E-state index is 12.0. The average molecular weight is 294 g/mol. The van der Waals surface area contributed by atoms with Crippen molar-refractivity contribution >= 4 is 26.0 Å². The normalized spacial score (nSPS) is 28.4. The van der Waals surface area contributed by atoms with E-state index in [0.717, 1.165) is 0 Å². The van der Waals surface area contributed by atoms with Gasteiger partial charge >= 0.3 is 0 Å². The number of sulfonamides is 1. The molecule has 84 valence electrons. The third-order valence-electron chi connectivity index (χ3n) is 2.58. The van der Waals surface area contributed by atoms with Crippen molar-refractivity contribution < 1.29 is 8.42 Å². The number of nitrogens with zero attached hydrogens (tertiary/aromatic N) is 2. The summed E-state index contributed by atoms with van der Waals surface area (Å²) in [4.78, 5) is 6.58. The third kappa shape index (κ3) is 1.95. The predicted octanol–water partition coefficient (Wildman–Crippen LogP) is 0.814. The zero-order valence-corrected chi connectivity index (χ0v) is 10.6. The Morgan fingerprint density at radius 3 is 2.80 bits per heavy atom. The van der Waals surface area contributed by atoms with Gasteiger partial charge < -0.3 is 4.98 Å². The van der Waals surface area contributed by atoms with Gasteiger partial charge in [-0.15, -0.1) is 0 Å². The van der Waals surface area contributed by atoms with Gasteiger partial charge in [-0.05, 0) is 5.92 Å². The minimum Gasteiger partial charge on any atom is -0.335 e. The van der Waals surface area contributed by atoms with Crippen molar-refractivity contribution in [1.29, 1.82) is 0 Å². The molecule has 1 aliphatic heterocycles. The van der Waals surface area contributed by atoms with E-state index in [4.69, 9.17) is 0 Å². The van der Waals surface area contributed by atoms with Crippen LogP contribution in [0.5, 0.6) is 0 Å². The molecule has 0 radical (unpaired) electrons. The van der Waals surface area contributed by atoms with Crippen LogP contribution in [0.25, 0.3) is 0 Å². The van der Waals surface area contributed by atoms with Gasteiger partial charge in [0.05, 0.1) is 12.5 Å². The highest BCUT2D eigenvalue weighted by atomic mass is 79.9. The van der Waals surface area contributed by atoms with E-state index in [1.807, 2.05) is 6.92 Å². The summed E-state index contributed by atoms with van der Waals surface area (Å²) < 4.78 is 25.5. The number of aromatic nitrogens is 2. The van der Waals surface area contributed by atoms with Gasteiger partial charge in [0.1, 0.15) is 0 Å². The molecule has 1 saturated heterocycles. The van der Waals surface area contributed by atoms with E-state index in [2.05, 4.69) is 25.9 Å². The maximum Gasteiger partial charge on any atom is 0.260 e. The van der Waals surface area contributed by atoms with Gasteiger partial charge in [-0.3, -0.25) is 0 Å². The molecule has 2 heterocycles. The predicted molar refractivity (Wildman–Crippen MR) is 59.2 cm³/mol. The second kappa shape index (κ2) is 3.88. The summed E-state index contributed by atoms with van der Waals surface area (Å²) in [5.41, 5.74) is 0. The highest BCUT2D eigenvalue weighted by Crippen LogP contribution is 2.27. The molecule has 0 bridgehead atoms. The Morgan fingerprint density at radius 2 is 2.33 bits per heavy atom. The van der Waals surface area contributed by atoms with Crippen molar-refractivity contribution in [3.8, 4) is 0 Å². The molecular formula is C8H12BrN3O2S. The fourth-order valence-electron chi connectivity index (χ4n) is 1.60. The maximum atomic E-state index is 12.0. The summed E-state index contributed by atoms with van der Waals surface area (Å²) in [5, 5.41) is 0.163. The summed E-state index contributed by atoms with van der Waals surface area (Å²) in [6, 6.07) is 0. The number of aromatic amines is 1. The topological polar surface area (TPSA) is 66.1 Å². The minimum atomic E-state index is -3.38. The van der Waals surface area contributed by atoms with Crippen molar-refractivity contribution in [3.05, 3.63) is 12.5 Å². The number of imidazole rings is 1. The second-order valence-electron chi connectivity index (χ2n) is 3.73. The lowest BCUT2D eigenvalue weighted by Gasteiger charge is -2.13. The molecule has 1 N–H and O–H groups in total. The molecule has 0 aromatic carbocycles. The lowest BCUT2D eigenvalue weighted by atomic mass is 10.2. The fraction of sp³-hybridized carbons (Fsp3) is 0.625. The number of rotatable bonds is 2. The SMILES string of the molecule is CC1CN(S(=O)(=O)c2cnc[nH]2)CC1Br. The Hall–Kier alpha value is -0.400. The lowest BCUT2D eigenvalue weighted by molar-refractivity contribution is 0.462. The number of alkyl halides is 1. The van der Waals surface area contributed by atoms with Crippen molar-refractivity contribution in [2.24, 2.45) is 5.92 Å². The molecule has 5 nitrogen and oxygen atoms in total. The Bertz CT molecular complexity index is 421. The summed E-state index contributed by atoms with van der Waals surface area (Å²) in [7, 11) is -3.38. The summed E-state index contributed by atoms with van der Waals surface area (Å²) in [5.74, 6) is 0.336. The van der Waals surface area contributed by atoms with E-state index >= 15 is 0 Å². The molecule has 1 aliphatic rings. The molecule has 2 atom stereocenters. The van der Waals surface area contributed by atoms with Gasteiger partial charge in [-0.1, -0.05) is 22.9 Å². The molecule has 2 rings (SSSR count). The first-order chi connectivity index (χ1) is 7.01. The summed E-state index contributed by atoms with van der Waals surface area (Å²) >= 11 is 3.47. The number of H-pyrrole nitrogens is 1. The first kappa shape index (κ1) is 11.1. The highest BCUT2D eigenvalue weighted by Gasteiger charge is 2.36. The molecule has 1 aromatic heterocycles. The van der Waals surface area contributed by atoms with Gasteiger partial charge in [-0.2, -0.15) is 4.31 Å². The molecule has 0 aliphatic carbocycles. The molecule has 0 amide bonds. The van der Waals surface area contributed by atoms with Gasteiger partial charge in [0.25, 0.3) is 10.0 Å². The standard InChI is InChI=1S/C8H12BrN3O2S/c1-6-3-12(4-7(6)9)15(13,14)8-2-10-5-11-8/h2,5-7H,3-4H2,1H3,(H,10,11). The Balaban J connectivity index is 2.25. The lowest BCUT2D eigenvalue weighted by Crippen LogP contribution is -2.29. The van der Waals surface area contributed by atoms with E-state index < -0.39 is 10.0 Å². The largest absolute Gasteiger partial charge is 0.335 e. The van der Waals surface area contributed by atoms with E-state index in [9.17, 15) is 8.42 Å². The number of nitrogens with one attached hydrogen (secondary N) is 1. The molecule has 0 saturated carbocycles. The second-order valence-corrected chi connectivity index (χ2v) is 6.81. The van der Waals surface area contributed by atoms with Crippen LogP contribution in [0.2, 0.25) is 0 Å². The van der Waals surface area contributed by atoms with Crippen LogP contribution >= 0.6 is 15.9 Å². The summed E-state index contributed by atoms with van der Waals surface area (Å²) in [6.07, 6.45) is 2.71. The van der Waals surface area contributed by atoms with Crippen molar-refractivity contribution in [3.63, 3.8) is 0 Å². The van der Waals surface area contributed by atoms with E-state index in [0.29, 0.717) is 19.0 Å². The van der Waals surface area contributed by atoms with E-state index in [1.54, 1.807) is 0 Å². The van der Waals surface area contributed by atoms with Gasteiger partial charge in [-0.25, -0.2) is 13.4 Å². The molecule has 1 fully saturated rings.